The van der Waals surface area contributed by atoms with Gasteiger partial charge in [0.1, 0.15) is 0 Å². The van der Waals surface area contributed by atoms with Gasteiger partial charge in [-0.05, 0) is 22.9 Å². The molecule has 0 aliphatic carbocycles. The zero-order valence-corrected chi connectivity index (χ0v) is 9.96. The van der Waals surface area contributed by atoms with Crippen LogP contribution in [-0.2, 0) is 6.54 Å². The second kappa shape index (κ2) is 3.36. The summed E-state index contributed by atoms with van der Waals surface area (Å²) in [4.78, 5) is 5.97. The van der Waals surface area contributed by atoms with E-state index < -0.39 is 0 Å². The molecule has 1 saturated heterocycles. The van der Waals surface area contributed by atoms with Crippen molar-refractivity contribution in [1.29, 1.82) is 0 Å². The van der Waals surface area contributed by atoms with E-state index in [1.165, 1.54) is 29.7 Å². The first-order valence-electron chi connectivity index (χ1n) is 5.91. The minimum atomic E-state index is 0.520. The van der Waals surface area contributed by atoms with E-state index in [2.05, 4.69) is 54.1 Å². The van der Waals surface area contributed by atoms with Crippen molar-refractivity contribution in [2.45, 2.75) is 20.4 Å². The van der Waals surface area contributed by atoms with Gasteiger partial charge in [-0.2, -0.15) is 0 Å². The van der Waals surface area contributed by atoms with E-state index in [0.29, 0.717) is 5.41 Å². The van der Waals surface area contributed by atoms with E-state index in [1.54, 1.807) is 0 Å². The molecule has 0 radical (unpaired) electrons. The molecular weight excluding hydrogens is 196 g/mol. The van der Waals surface area contributed by atoms with E-state index in [0.717, 1.165) is 6.54 Å². The molecule has 1 aliphatic rings. The Morgan fingerprint density at radius 1 is 1.25 bits per heavy atom. The Morgan fingerprint density at radius 2 is 2.00 bits per heavy atom. The van der Waals surface area contributed by atoms with E-state index in [9.17, 15) is 0 Å². The molecule has 0 saturated carbocycles. The van der Waals surface area contributed by atoms with Crippen LogP contribution in [0.25, 0.3) is 10.9 Å². The summed E-state index contributed by atoms with van der Waals surface area (Å²) in [6.07, 6.45) is 0. The lowest BCUT2D eigenvalue weighted by Gasteiger charge is -2.45. The number of rotatable bonds is 2. The van der Waals surface area contributed by atoms with Crippen LogP contribution in [-0.4, -0.2) is 23.0 Å². The molecular formula is C14H18N2. The third-order valence-electron chi connectivity index (χ3n) is 3.28. The van der Waals surface area contributed by atoms with Crippen LogP contribution in [0.2, 0.25) is 0 Å². The highest BCUT2D eigenvalue weighted by molar-refractivity contribution is 5.80. The number of benzene rings is 1. The van der Waals surface area contributed by atoms with Gasteiger partial charge in [0, 0.05) is 30.8 Å². The first kappa shape index (κ1) is 9.91. The SMILES string of the molecule is CC1(C)CN(Cc2cc3ccccc3[nH]2)C1. The number of hydrogen-bond acceptors (Lipinski definition) is 1. The number of likely N-dealkylation sites (tertiary alicyclic amines) is 1. The summed E-state index contributed by atoms with van der Waals surface area (Å²) in [6, 6.07) is 10.7. The number of aromatic amines is 1. The normalized spacial score (nSPS) is 19.9. The third kappa shape index (κ3) is 1.74. The summed E-state index contributed by atoms with van der Waals surface area (Å²) in [5, 5.41) is 1.32. The average Bonchev–Trinajstić information content (AvgIpc) is 2.56. The van der Waals surface area contributed by atoms with Crippen LogP contribution in [0.15, 0.2) is 30.3 Å². The number of para-hydroxylation sites is 1. The molecule has 84 valence electrons. The summed E-state index contributed by atoms with van der Waals surface area (Å²) in [5.74, 6) is 0. The lowest BCUT2D eigenvalue weighted by atomic mass is 9.84. The molecule has 2 aromatic rings. The first-order valence-corrected chi connectivity index (χ1v) is 5.91. The Kier molecular flexibility index (Phi) is 2.08. The van der Waals surface area contributed by atoms with Crippen LogP contribution in [0, 0.1) is 5.41 Å². The average molecular weight is 214 g/mol. The van der Waals surface area contributed by atoms with Gasteiger partial charge in [-0.15, -0.1) is 0 Å². The van der Waals surface area contributed by atoms with Crippen LogP contribution in [0.5, 0.6) is 0 Å². The van der Waals surface area contributed by atoms with Crippen molar-refractivity contribution in [2.75, 3.05) is 13.1 Å². The molecule has 1 aromatic carbocycles. The van der Waals surface area contributed by atoms with Crippen molar-refractivity contribution in [1.82, 2.24) is 9.88 Å². The lowest BCUT2D eigenvalue weighted by Crippen LogP contribution is -2.52. The molecule has 1 aromatic heterocycles. The van der Waals surface area contributed by atoms with Gasteiger partial charge in [-0.1, -0.05) is 32.0 Å². The monoisotopic (exact) mass is 214 g/mol. The number of nitrogens with one attached hydrogen (secondary N) is 1. The summed E-state index contributed by atoms with van der Waals surface area (Å²) in [6.45, 7) is 8.13. The maximum atomic E-state index is 3.48. The smallest absolute Gasteiger partial charge is 0.0456 e. The molecule has 2 heterocycles. The highest BCUT2D eigenvalue weighted by Crippen LogP contribution is 2.30. The standard InChI is InChI=1S/C14H18N2/c1-14(2)9-16(10-14)8-12-7-11-5-3-4-6-13(11)15-12/h3-7,15H,8-10H2,1-2H3. The first-order chi connectivity index (χ1) is 7.62. The number of nitrogens with zero attached hydrogens (tertiary/aromatic N) is 1. The van der Waals surface area contributed by atoms with Crippen molar-refractivity contribution in [3.8, 4) is 0 Å². The largest absolute Gasteiger partial charge is 0.357 e. The topological polar surface area (TPSA) is 19.0 Å². The zero-order chi connectivity index (χ0) is 11.2. The molecule has 2 heteroatoms. The second-order valence-electron chi connectivity index (χ2n) is 5.69. The molecule has 16 heavy (non-hydrogen) atoms. The molecule has 0 atom stereocenters. The van der Waals surface area contributed by atoms with Crippen molar-refractivity contribution in [2.24, 2.45) is 5.41 Å². The quantitative estimate of drug-likeness (QED) is 0.814. The summed E-state index contributed by atoms with van der Waals surface area (Å²) >= 11 is 0. The Balaban J connectivity index is 1.76. The molecule has 1 N–H and O–H groups in total. The van der Waals surface area contributed by atoms with Gasteiger partial charge in [0.2, 0.25) is 0 Å². The highest BCUT2D eigenvalue weighted by Gasteiger charge is 2.33. The minimum absolute atomic E-state index is 0.520. The molecule has 0 amide bonds. The van der Waals surface area contributed by atoms with Gasteiger partial charge in [0.15, 0.2) is 0 Å². The Morgan fingerprint density at radius 3 is 2.69 bits per heavy atom. The van der Waals surface area contributed by atoms with Crippen LogP contribution in [0.3, 0.4) is 0 Å². The van der Waals surface area contributed by atoms with E-state index >= 15 is 0 Å². The molecule has 0 spiro atoms. The van der Waals surface area contributed by atoms with Crippen molar-refractivity contribution in [3.63, 3.8) is 0 Å². The predicted molar refractivity (Wildman–Crippen MR) is 67.4 cm³/mol. The number of H-pyrrole nitrogens is 1. The summed E-state index contributed by atoms with van der Waals surface area (Å²) in [7, 11) is 0. The van der Waals surface area contributed by atoms with Gasteiger partial charge in [0.05, 0.1) is 0 Å². The predicted octanol–water partition coefficient (Wildman–Crippen LogP) is 3.01. The van der Waals surface area contributed by atoms with E-state index in [1.807, 2.05) is 0 Å². The van der Waals surface area contributed by atoms with Gasteiger partial charge in [-0.3, -0.25) is 4.90 Å². The van der Waals surface area contributed by atoms with Gasteiger partial charge in [-0.25, -0.2) is 0 Å². The van der Waals surface area contributed by atoms with Gasteiger partial charge in [0.25, 0.3) is 0 Å². The molecule has 2 nitrogen and oxygen atoms in total. The number of aromatic nitrogens is 1. The molecule has 1 fully saturated rings. The number of fused-ring (bicyclic) bond motifs is 1. The second-order valence-corrected chi connectivity index (χ2v) is 5.69. The lowest BCUT2D eigenvalue weighted by molar-refractivity contribution is 0.0234. The molecule has 0 unspecified atom stereocenters. The third-order valence-corrected chi connectivity index (χ3v) is 3.28. The fourth-order valence-electron chi connectivity index (χ4n) is 2.74. The van der Waals surface area contributed by atoms with Gasteiger partial charge < -0.3 is 4.98 Å². The summed E-state index contributed by atoms with van der Waals surface area (Å²) < 4.78 is 0. The molecule has 0 bridgehead atoms. The highest BCUT2D eigenvalue weighted by atomic mass is 15.2. The van der Waals surface area contributed by atoms with Crippen LogP contribution in [0.4, 0.5) is 0 Å². The zero-order valence-electron chi connectivity index (χ0n) is 9.96. The molecule has 1 aliphatic heterocycles. The fourth-order valence-corrected chi connectivity index (χ4v) is 2.74. The van der Waals surface area contributed by atoms with E-state index in [-0.39, 0.29) is 0 Å². The summed E-state index contributed by atoms with van der Waals surface area (Å²) in [5.41, 5.74) is 3.10. The number of hydrogen-bond donors (Lipinski definition) is 1. The van der Waals surface area contributed by atoms with Crippen LogP contribution < -0.4 is 0 Å². The van der Waals surface area contributed by atoms with Crippen LogP contribution in [0.1, 0.15) is 19.5 Å². The van der Waals surface area contributed by atoms with Crippen molar-refractivity contribution < 1.29 is 0 Å². The Labute approximate surface area is 96.3 Å². The van der Waals surface area contributed by atoms with E-state index in [4.69, 9.17) is 0 Å². The fraction of sp³-hybridized carbons (Fsp3) is 0.429. The Hall–Kier alpha value is -1.28. The Bertz CT molecular complexity index is 469. The maximum Gasteiger partial charge on any atom is 0.0456 e. The maximum absolute atomic E-state index is 3.48. The van der Waals surface area contributed by atoms with Crippen molar-refractivity contribution >= 4 is 10.9 Å². The molecule has 3 rings (SSSR count). The van der Waals surface area contributed by atoms with Crippen molar-refractivity contribution in [3.05, 3.63) is 36.0 Å². The van der Waals surface area contributed by atoms with Crippen LogP contribution >= 0.6 is 0 Å². The minimum Gasteiger partial charge on any atom is -0.357 e. The van der Waals surface area contributed by atoms with Gasteiger partial charge >= 0.3 is 0 Å².